The zero-order valence-electron chi connectivity index (χ0n) is 10.2. The van der Waals surface area contributed by atoms with Gasteiger partial charge in [0.25, 0.3) is 0 Å². The Morgan fingerprint density at radius 3 is 2.60 bits per heavy atom. The molecule has 0 spiro atoms. The molecule has 1 aliphatic heterocycles. The van der Waals surface area contributed by atoms with Gasteiger partial charge in [-0.15, -0.1) is 0 Å². The van der Waals surface area contributed by atoms with Crippen LogP contribution in [0, 0.1) is 0 Å². The third kappa shape index (κ3) is 5.50. The van der Waals surface area contributed by atoms with Crippen molar-refractivity contribution in [3.63, 3.8) is 0 Å². The molecule has 0 saturated carbocycles. The molecule has 3 N–H and O–H groups in total. The van der Waals surface area contributed by atoms with E-state index in [9.17, 15) is 0 Å². The molecule has 3 nitrogen and oxygen atoms in total. The molecule has 1 rings (SSSR count). The lowest BCUT2D eigenvalue weighted by molar-refractivity contribution is 0.198. The van der Waals surface area contributed by atoms with Crippen LogP contribution in [-0.2, 0) is 0 Å². The molecule has 0 aliphatic carbocycles. The fourth-order valence-electron chi connectivity index (χ4n) is 2.25. The van der Waals surface area contributed by atoms with Crippen molar-refractivity contribution in [1.82, 2.24) is 10.2 Å². The van der Waals surface area contributed by atoms with Crippen molar-refractivity contribution in [2.45, 2.75) is 45.1 Å². The standard InChI is InChI=1S/C12H27N3/c1-2-9-15-10-5-12(6-11-15)14-8-4-3-7-13/h12,14H,2-11,13H2,1H3. The van der Waals surface area contributed by atoms with E-state index < -0.39 is 0 Å². The molecule has 0 radical (unpaired) electrons. The number of piperidine rings is 1. The Hall–Kier alpha value is -0.120. The molecular formula is C12H27N3. The Labute approximate surface area is 94.4 Å². The van der Waals surface area contributed by atoms with Crippen molar-refractivity contribution < 1.29 is 0 Å². The minimum atomic E-state index is 0.760. The fraction of sp³-hybridized carbons (Fsp3) is 1.00. The summed E-state index contributed by atoms with van der Waals surface area (Å²) in [7, 11) is 0. The maximum absolute atomic E-state index is 5.46. The Morgan fingerprint density at radius 2 is 2.00 bits per heavy atom. The summed E-state index contributed by atoms with van der Waals surface area (Å²) in [5, 5.41) is 3.64. The van der Waals surface area contributed by atoms with Gasteiger partial charge in [0.2, 0.25) is 0 Å². The second-order valence-electron chi connectivity index (χ2n) is 4.57. The van der Waals surface area contributed by atoms with Crippen molar-refractivity contribution >= 4 is 0 Å². The predicted octanol–water partition coefficient (Wildman–Crippen LogP) is 1.19. The highest BCUT2D eigenvalue weighted by molar-refractivity contribution is 4.76. The monoisotopic (exact) mass is 213 g/mol. The van der Waals surface area contributed by atoms with Gasteiger partial charge in [0.15, 0.2) is 0 Å². The van der Waals surface area contributed by atoms with E-state index in [4.69, 9.17) is 5.73 Å². The van der Waals surface area contributed by atoms with Crippen LogP contribution in [-0.4, -0.2) is 43.7 Å². The van der Waals surface area contributed by atoms with E-state index >= 15 is 0 Å². The molecule has 3 heteroatoms. The normalized spacial score (nSPS) is 19.6. The number of nitrogens with one attached hydrogen (secondary N) is 1. The van der Waals surface area contributed by atoms with E-state index in [0.29, 0.717) is 0 Å². The SMILES string of the molecule is CCCN1CCC(NCCCCN)CC1. The van der Waals surface area contributed by atoms with Crippen molar-refractivity contribution in [3.8, 4) is 0 Å². The van der Waals surface area contributed by atoms with Crippen molar-refractivity contribution in [3.05, 3.63) is 0 Å². The molecule has 0 atom stereocenters. The largest absolute Gasteiger partial charge is 0.330 e. The zero-order chi connectivity index (χ0) is 10.9. The van der Waals surface area contributed by atoms with Crippen molar-refractivity contribution in [1.29, 1.82) is 0 Å². The van der Waals surface area contributed by atoms with Gasteiger partial charge in [0.05, 0.1) is 0 Å². The minimum absolute atomic E-state index is 0.760. The molecule has 1 saturated heterocycles. The molecule has 0 aromatic heterocycles. The van der Waals surface area contributed by atoms with Gasteiger partial charge in [-0.2, -0.15) is 0 Å². The molecule has 1 fully saturated rings. The van der Waals surface area contributed by atoms with Crippen molar-refractivity contribution in [2.75, 3.05) is 32.7 Å². The van der Waals surface area contributed by atoms with Crippen molar-refractivity contribution in [2.24, 2.45) is 5.73 Å². The maximum Gasteiger partial charge on any atom is 0.00914 e. The molecule has 0 unspecified atom stereocenters. The third-order valence-electron chi connectivity index (χ3n) is 3.19. The van der Waals surface area contributed by atoms with Crippen LogP contribution in [0.3, 0.4) is 0 Å². The number of likely N-dealkylation sites (tertiary alicyclic amines) is 1. The number of hydrogen-bond donors (Lipinski definition) is 2. The highest BCUT2D eigenvalue weighted by Crippen LogP contribution is 2.10. The summed E-state index contributed by atoms with van der Waals surface area (Å²) in [6, 6.07) is 0.760. The smallest absolute Gasteiger partial charge is 0.00914 e. The molecule has 1 heterocycles. The van der Waals surface area contributed by atoms with Gasteiger partial charge in [-0.3, -0.25) is 0 Å². The van der Waals surface area contributed by atoms with Crippen LogP contribution >= 0.6 is 0 Å². The van der Waals surface area contributed by atoms with E-state index in [-0.39, 0.29) is 0 Å². The van der Waals surface area contributed by atoms with Crippen LogP contribution in [0.4, 0.5) is 0 Å². The molecule has 0 aromatic carbocycles. The highest BCUT2D eigenvalue weighted by atomic mass is 15.1. The summed E-state index contributed by atoms with van der Waals surface area (Å²) in [6.45, 7) is 8.08. The van der Waals surface area contributed by atoms with Gasteiger partial charge in [-0.05, 0) is 64.8 Å². The third-order valence-corrected chi connectivity index (χ3v) is 3.19. The van der Waals surface area contributed by atoms with E-state index in [2.05, 4.69) is 17.1 Å². The summed E-state index contributed by atoms with van der Waals surface area (Å²) >= 11 is 0. The first-order chi connectivity index (χ1) is 7.36. The fourth-order valence-corrected chi connectivity index (χ4v) is 2.25. The van der Waals surface area contributed by atoms with Gasteiger partial charge in [0, 0.05) is 6.04 Å². The Bertz CT molecular complexity index is 139. The summed E-state index contributed by atoms with van der Waals surface area (Å²) < 4.78 is 0. The number of nitrogens with zero attached hydrogens (tertiary/aromatic N) is 1. The lowest BCUT2D eigenvalue weighted by Crippen LogP contribution is -2.42. The molecule has 0 bridgehead atoms. The number of rotatable bonds is 7. The molecular weight excluding hydrogens is 186 g/mol. The zero-order valence-corrected chi connectivity index (χ0v) is 10.2. The first-order valence-corrected chi connectivity index (χ1v) is 6.52. The molecule has 15 heavy (non-hydrogen) atoms. The minimum Gasteiger partial charge on any atom is -0.330 e. The Kier molecular flexibility index (Phi) is 6.98. The highest BCUT2D eigenvalue weighted by Gasteiger charge is 2.17. The van der Waals surface area contributed by atoms with Crippen LogP contribution in [0.15, 0.2) is 0 Å². The average molecular weight is 213 g/mol. The first kappa shape index (κ1) is 12.9. The lowest BCUT2D eigenvalue weighted by Gasteiger charge is -2.32. The van der Waals surface area contributed by atoms with Gasteiger partial charge in [-0.25, -0.2) is 0 Å². The summed E-state index contributed by atoms with van der Waals surface area (Å²) in [6.07, 6.45) is 6.31. The quantitative estimate of drug-likeness (QED) is 0.624. The lowest BCUT2D eigenvalue weighted by atomic mass is 10.0. The second kappa shape index (κ2) is 8.08. The van der Waals surface area contributed by atoms with E-state index in [1.807, 2.05) is 0 Å². The van der Waals surface area contributed by atoms with Gasteiger partial charge >= 0.3 is 0 Å². The van der Waals surface area contributed by atoms with E-state index in [1.54, 1.807) is 0 Å². The van der Waals surface area contributed by atoms with Crippen LogP contribution in [0.1, 0.15) is 39.0 Å². The van der Waals surface area contributed by atoms with Gasteiger partial charge < -0.3 is 16.0 Å². The van der Waals surface area contributed by atoms with Crippen LogP contribution < -0.4 is 11.1 Å². The molecule has 0 aromatic rings. The molecule has 90 valence electrons. The molecule has 1 aliphatic rings. The van der Waals surface area contributed by atoms with Crippen LogP contribution in [0.5, 0.6) is 0 Å². The maximum atomic E-state index is 5.46. The van der Waals surface area contributed by atoms with E-state index in [0.717, 1.165) is 25.6 Å². The van der Waals surface area contributed by atoms with E-state index in [1.165, 1.54) is 45.3 Å². The number of hydrogen-bond acceptors (Lipinski definition) is 3. The first-order valence-electron chi connectivity index (χ1n) is 6.52. The second-order valence-corrected chi connectivity index (χ2v) is 4.57. The summed E-state index contributed by atoms with van der Waals surface area (Å²) in [5.74, 6) is 0. The van der Waals surface area contributed by atoms with Gasteiger partial charge in [-0.1, -0.05) is 6.92 Å². The number of unbranched alkanes of at least 4 members (excludes halogenated alkanes) is 1. The summed E-state index contributed by atoms with van der Waals surface area (Å²) in [4.78, 5) is 2.58. The molecule has 0 amide bonds. The Balaban J connectivity index is 1.99. The van der Waals surface area contributed by atoms with Crippen LogP contribution in [0.25, 0.3) is 0 Å². The summed E-state index contributed by atoms with van der Waals surface area (Å²) in [5.41, 5.74) is 5.46. The van der Waals surface area contributed by atoms with Gasteiger partial charge in [0.1, 0.15) is 0 Å². The van der Waals surface area contributed by atoms with Crippen LogP contribution in [0.2, 0.25) is 0 Å². The predicted molar refractivity (Wildman–Crippen MR) is 66.0 cm³/mol. The number of nitrogens with two attached hydrogens (primary N) is 1. The Morgan fingerprint density at radius 1 is 1.27 bits per heavy atom. The average Bonchev–Trinajstić information content (AvgIpc) is 2.27. The topological polar surface area (TPSA) is 41.3 Å².